The topological polar surface area (TPSA) is 101 Å². The predicted molar refractivity (Wildman–Crippen MR) is 96.2 cm³/mol. The van der Waals surface area contributed by atoms with Gasteiger partial charge in [-0.3, -0.25) is 9.78 Å². The highest BCUT2D eigenvalue weighted by Gasteiger charge is 2.26. The smallest absolute Gasteiger partial charge is 0.228 e. The first-order valence-electron chi connectivity index (χ1n) is 8.79. The summed E-state index contributed by atoms with van der Waals surface area (Å²) in [6.45, 7) is 0.210. The number of aliphatic hydroxyl groups is 1. The normalized spacial score (nSPS) is 20.2. The minimum absolute atomic E-state index is 0.00208. The van der Waals surface area contributed by atoms with Gasteiger partial charge in [0.15, 0.2) is 12.2 Å². The molecule has 1 aliphatic rings. The maximum Gasteiger partial charge on any atom is 0.228 e. The number of aliphatic hydroxyl groups excluding tert-OH is 1. The Kier molecular flexibility index (Phi) is 4.62. The molecule has 3 aromatic heterocycles. The Hall–Kier alpha value is -2.80. The molecule has 7 nitrogen and oxygen atoms in total. The number of aromatic nitrogens is 3. The maximum absolute atomic E-state index is 12.5. The predicted octanol–water partition coefficient (Wildman–Crippen LogP) is 3.02. The lowest BCUT2D eigenvalue weighted by Gasteiger charge is -2.26. The lowest BCUT2D eigenvalue weighted by atomic mass is 9.82. The summed E-state index contributed by atoms with van der Waals surface area (Å²) in [5.41, 5.74) is 0.681. The number of hydrogen-bond acceptors (Lipinski definition) is 6. The van der Waals surface area contributed by atoms with Gasteiger partial charge in [0.25, 0.3) is 0 Å². The van der Waals surface area contributed by atoms with Crippen molar-refractivity contribution < 1.29 is 14.3 Å². The molecule has 0 radical (unpaired) electrons. The number of pyridine rings is 2. The molecule has 1 saturated carbocycles. The van der Waals surface area contributed by atoms with Crippen molar-refractivity contribution in [2.75, 3.05) is 11.9 Å². The molecule has 0 bridgehead atoms. The van der Waals surface area contributed by atoms with E-state index in [1.807, 2.05) is 12.1 Å². The van der Waals surface area contributed by atoms with Gasteiger partial charge in [-0.05, 0) is 49.1 Å². The van der Waals surface area contributed by atoms with Crippen LogP contribution < -0.4 is 5.32 Å². The van der Waals surface area contributed by atoms with Crippen LogP contribution in [0.3, 0.4) is 0 Å². The number of amides is 1. The Morgan fingerprint density at radius 2 is 1.92 bits per heavy atom. The van der Waals surface area contributed by atoms with Gasteiger partial charge in [0, 0.05) is 30.3 Å². The third-order valence-corrected chi connectivity index (χ3v) is 5.02. The molecule has 3 heterocycles. The molecule has 26 heavy (non-hydrogen) atoms. The van der Waals surface area contributed by atoms with Crippen LogP contribution in [0.4, 0.5) is 5.82 Å². The fourth-order valence-electron chi connectivity index (χ4n) is 3.42. The minimum atomic E-state index is -0.0162. The Labute approximate surface area is 150 Å². The van der Waals surface area contributed by atoms with E-state index in [-0.39, 0.29) is 18.4 Å². The van der Waals surface area contributed by atoms with Crippen molar-refractivity contribution in [3.05, 3.63) is 37.1 Å². The highest BCUT2D eigenvalue weighted by atomic mass is 16.3. The van der Waals surface area contributed by atoms with Gasteiger partial charge in [0.1, 0.15) is 11.5 Å². The lowest BCUT2D eigenvalue weighted by Crippen LogP contribution is -2.28. The van der Waals surface area contributed by atoms with E-state index in [9.17, 15) is 9.90 Å². The highest BCUT2D eigenvalue weighted by Crippen LogP contribution is 2.29. The van der Waals surface area contributed by atoms with E-state index < -0.39 is 0 Å². The van der Waals surface area contributed by atoms with Crippen LogP contribution in [0.2, 0.25) is 0 Å². The van der Waals surface area contributed by atoms with Gasteiger partial charge in [0.05, 0.1) is 6.20 Å². The third kappa shape index (κ3) is 3.43. The fourth-order valence-corrected chi connectivity index (χ4v) is 3.42. The average Bonchev–Trinajstić information content (AvgIpc) is 3.22. The van der Waals surface area contributed by atoms with Gasteiger partial charge in [-0.25, -0.2) is 9.97 Å². The summed E-state index contributed by atoms with van der Waals surface area (Å²) in [6.07, 6.45) is 9.81. The van der Waals surface area contributed by atoms with E-state index in [4.69, 9.17) is 4.42 Å². The van der Waals surface area contributed by atoms with E-state index in [2.05, 4.69) is 20.3 Å². The second-order valence-electron chi connectivity index (χ2n) is 6.74. The zero-order chi connectivity index (χ0) is 17.9. The zero-order valence-corrected chi connectivity index (χ0v) is 14.3. The molecule has 1 aliphatic carbocycles. The standard InChI is InChI=1S/C19H20N4O3/c24-10-12-1-3-13(4-2-12)19(25)23-18-6-14-5-16(17-9-20-11-26-17)21-7-15(14)8-22-18/h5-9,11-13,24H,1-4,10H2,(H,22,23,25). The Bertz CT molecular complexity index is 902. The van der Waals surface area contributed by atoms with Crippen LogP contribution in [-0.4, -0.2) is 32.6 Å². The summed E-state index contributed by atoms with van der Waals surface area (Å²) in [5, 5.41) is 13.9. The minimum Gasteiger partial charge on any atom is -0.442 e. The van der Waals surface area contributed by atoms with E-state index in [1.54, 1.807) is 18.6 Å². The molecule has 0 saturated heterocycles. The molecule has 2 N–H and O–H groups in total. The zero-order valence-electron chi connectivity index (χ0n) is 14.3. The van der Waals surface area contributed by atoms with Crippen LogP contribution in [0, 0.1) is 11.8 Å². The van der Waals surface area contributed by atoms with Crippen molar-refractivity contribution in [1.29, 1.82) is 0 Å². The van der Waals surface area contributed by atoms with Crippen molar-refractivity contribution >= 4 is 22.5 Å². The Balaban J connectivity index is 1.50. The van der Waals surface area contributed by atoms with Crippen LogP contribution in [-0.2, 0) is 4.79 Å². The molecule has 0 atom stereocenters. The molecule has 0 aliphatic heterocycles. The monoisotopic (exact) mass is 352 g/mol. The number of oxazole rings is 1. The van der Waals surface area contributed by atoms with E-state index in [1.165, 1.54) is 6.39 Å². The quantitative estimate of drug-likeness (QED) is 0.748. The van der Waals surface area contributed by atoms with Crippen LogP contribution in [0.15, 0.2) is 41.5 Å². The summed E-state index contributed by atoms with van der Waals surface area (Å²) < 4.78 is 5.28. The summed E-state index contributed by atoms with van der Waals surface area (Å²) in [4.78, 5) is 25.1. The number of fused-ring (bicyclic) bond motifs is 1. The summed E-state index contributed by atoms with van der Waals surface area (Å²) in [5.74, 6) is 1.44. The maximum atomic E-state index is 12.5. The van der Waals surface area contributed by atoms with Crippen molar-refractivity contribution in [2.24, 2.45) is 11.8 Å². The molecular weight excluding hydrogens is 332 g/mol. The van der Waals surface area contributed by atoms with Crippen LogP contribution in [0.1, 0.15) is 25.7 Å². The van der Waals surface area contributed by atoms with Gasteiger partial charge in [0.2, 0.25) is 5.91 Å². The molecule has 4 rings (SSSR count). The molecule has 134 valence electrons. The molecule has 0 aromatic carbocycles. The summed E-state index contributed by atoms with van der Waals surface area (Å²) >= 11 is 0. The van der Waals surface area contributed by atoms with E-state index >= 15 is 0 Å². The number of hydrogen-bond donors (Lipinski definition) is 2. The molecule has 0 unspecified atom stereocenters. The fraction of sp³-hybridized carbons (Fsp3) is 0.368. The average molecular weight is 352 g/mol. The number of carbonyl (C=O) groups excluding carboxylic acids is 1. The van der Waals surface area contributed by atoms with Gasteiger partial charge in [-0.2, -0.15) is 0 Å². The number of anilines is 1. The Morgan fingerprint density at radius 1 is 1.12 bits per heavy atom. The van der Waals surface area contributed by atoms with Crippen LogP contribution in [0.5, 0.6) is 0 Å². The Morgan fingerprint density at radius 3 is 2.65 bits per heavy atom. The molecule has 0 spiro atoms. The number of carbonyl (C=O) groups is 1. The molecule has 7 heteroatoms. The van der Waals surface area contributed by atoms with Crippen molar-refractivity contribution in [2.45, 2.75) is 25.7 Å². The van der Waals surface area contributed by atoms with Gasteiger partial charge in [-0.15, -0.1) is 0 Å². The lowest BCUT2D eigenvalue weighted by molar-refractivity contribution is -0.121. The number of rotatable bonds is 4. The SMILES string of the molecule is O=C(Nc1cc2cc(-c3cnco3)ncc2cn1)C1CCC(CO)CC1. The van der Waals surface area contributed by atoms with Crippen LogP contribution >= 0.6 is 0 Å². The number of nitrogens with one attached hydrogen (secondary N) is 1. The van der Waals surface area contributed by atoms with E-state index in [0.717, 1.165) is 36.5 Å². The summed E-state index contributed by atoms with van der Waals surface area (Å²) in [7, 11) is 0. The van der Waals surface area contributed by atoms with Crippen molar-refractivity contribution in [3.8, 4) is 11.5 Å². The first kappa shape index (κ1) is 16.7. The summed E-state index contributed by atoms with van der Waals surface area (Å²) in [6, 6.07) is 3.73. The second kappa shape index (κ2) is 7.21. The first-order chi connectivity index (χ1) is 12.7. The second-order valence-corrected chi connectivity index (χ2v) is 6.74. The number of nitrogens with zero attached hydrogens (tertiary/aromatic N) is 3. The van der Waals surface area contributed by atoms with E-state index in [0.29, 0.717) is 23.2 Å². The largest absolute Gasteiger partial charge is 0.442 e. The highest BCUT2D eigenvalue weighted by molar-refractivity contribution is 5.94. The molecule has 1 amide bonds. The van der Waals surface area contributed by atoms with Gasteiger partial charge >= 0.3 is 0 Å². The van der Waals surface area contributed by atoms with Crippen molar-refractivity contribution in [3.63, 3.8) is 0 Å². The van der Waals surface area contributed by atoms with Crippen molar-refractivity contribution in [1.82, 2.24) is 15.0 Å². The third-order valence-electron chi connectivity index (χ3n) is 5.02. The molecular formula is C19H20N4O3. The van der Waals surface area contributed by atoms with Gasteiger partial charge < -0.3 is 14.8 Å². The van der Waals surface area contributed by atoms with Gasteiger partial charge in [-0.1, -0.05) is 0 Å². The molecule has 3 aromatic rings. The first-order valence-corrected chi connectivity index (χ1v) is 8.79. The molecule has 1 fully saturated rings. The van der Waals surface area contributed by atoms with Crippen LogP contribution in [0.25, 0.3) is 22.2 Å².